The third-order valence-electron chi connectivity index (χ3n) is 4.67. The van der Waals surface area contributed by atoms with E-state index in [4.69, 9.17) is 4.74 Å². The summed E-state index contributed by atoms with van der Waals surface area (Å²) in [6.45, 7) is -0.0745. The fraction of sp³-hybridized carbons (Fsp3) is 0.409. The van der Waals surface area contributed by atoms with E-state index in [0.29, 0.717) is 24.6 Å². The van der Waals surface area contributed by atoms with E-state index in [2.05, 4.69) is 25.3 Å². The summed E-state index contributed by atoms with van der Waals surface area (Å²) in [7, 11) is 7.31. The van der Waals surface area contributed by atoms with Gasteiger partial charge in [0.05, 0.1) is 13.2 Å². The number of halogens is 3. The quantitative estimate of drug-likeness (QED) is 0.280. The Morgan fingerprint density at radius 2 is 1.87 bits per heavy atom. The van der Waals surface area contributed by atoms with E-state index in [1.54, 1.807) is 26.3 Å². The summed E-state index contributed by atoms with van der Waals surface area (Å²) in [5.74, 6) is 1.52. The van der Waals surface area contributed by atoms with Gasteiger partial charge < -0.3 is 25.0 Å². The molecule has 6 nitrogen and oxygen atoms in total. The highest BCUT2D eigenvalue weighted by Crippen LogP contribution is 2.23. The number of hydrogen-bond donors (Lipinski definition) is 2. The highest BCUT2D eigenvalue weighted by molar-refractivity contribution is 14.0. The predicted octanol–water partition coefficient (Wildman–Crippen LogP) is 4.19. The minimum absolute atomic E-state index is 0. The molecule has 2 aromatic carbocycles. The Balaban J connectivity index is 0.00000480. The summed E-state index contributed by atoms with van der Waals surface area (Å²) in [6.07, 6.45) is 0. The first-order valence-electron chi connectivity index (χ1n) is 9.63. The minimum Gasteiger partial charge on any atom is -0.497 e. The molecule has 0 amide bonds. The highest BCUT2D eigenvalue weighted by atomic mass is 127. The van der Waals surface area contributed by atoms with Gasteiger partial charge in [0.15, 0.2) is 5.96 Å². The van der Waals surface area contributed by atoms with Crippen LogP contribution in [0.1, 0.15) is 22.7 Å². The van der Waals surface area contributed by atoms with E-state index in [1.165, 1.54) is 0 Å². The highest BCUT2D eigenvalue weighted by Gasteiger charge is 2.16. The van der Waals surface area contributed by atoms with Gasteiger partial charge in [0.1, 0.15) is 11.5 Å². The Labute approximate surface area is 200 Å². The lowest BCUT2D eigenvalue weighted by Crippen LogP contribution is -2.41. The van der Waals surface area contributed by atoms with Crippen LogP contribution >= 0.6 is 24.0 Å². The molecule has 1 unspecified atom stereocenters. The molecule has 0 saturated carbocycles. The molecule has 9 heteroatoms. The number of ether oxygens (including phenoxy) is 2. The molecule has 0 radical (unpaired) electrons. The number of nitrogens with zero attached hydrogens (tertiary/aromatic N) is 2. The lowest BCUT2D eigenvalue weighted by Gasteiger charge is -2.26. The van der Waals surface area contributed by atoms with Crippen molar-refractivity contribution in [2.45, 2.75) is 26.1 Å². The number of aryl methyl sites for hydroxylation is 1. The maximum absolute atomic E-state index is 12.7. The van der Waals surface area contributed by atoms with Crippen LogP contribution in [-0.2, 0) is 6.54 Å². The molecular formula is C22H31F2IN4O2. The van der Waals surface area contributed by atoms with Crippen molar-refractivity contribution in [1.82, 2.24) is 15.5 Å². The predicted molar refractivity (Wildman–Crippen MR) is 131 cm³/mol. The first-order valence-corrected chi connectivity index (χ1v) is 9.63. The number of guanidine groups is 1. The third kappa shape index (κ3) is 8.48. The largest absolute Gasteiger partial charge is 0.497 e. The Morgan fingerprint density at radius 3 is 2.48 bits per heavy atom. The first-order chi connectivity index (χ1) is 14.3. The summed E-state index contributed by atoms with van der Waals surface area (Å²) < 4.78 is 35.3. The molecule has 0 spiro atoms. The van der Waals surface area contributed by atoms with E-state index in [1.807, 2.05) is 51.4 Å². The molecule has 0 aromatic heterocycles. The van der Waals surface area contributed by atoms with Gasteiger partial charge in [-0.1, -0.05) is 29.8 Å². The topological polar surface area (TPSA) is 58.1 Å². The monoisotopic (exact) mass is 548 g/mol. The molecule has 0 bridgehead atoms. The molecule has 0 aliphatic heterocycles. The van der Waals surface area contributed by atoms with Gasteiger partial charge in [-0.05, 0) is 44.8 Å². The second-order valence-electron chi connectivity index (χ2n) is 7.05. The van der Waals surface area contributed by atoms with E-state index >= 15 is 0 Å². The Bertz CT molecular complexity index is 850. The Kier molecular flexibility index (Phi) is 11.5. The van der Waals surface area contributed by atoms with E-state index < -0.39 is 6.61 Å². The van der Waals surface area contributed by atoms with Crippen molar-refractivity contribution in [2.75, 3.05) is 34.8 Å². The smallest absolute Gasteiger partial charge is 0.387 e. The lowest BCUT2D eigenvalue weighted by molar-refractivity contribution is -0.0504. The van der Waals surface area contributed by atoms with Crippen LogP contribution in [0, 0.1) is 6.92 Å². The maximum atomic E-state index is 12.7. The second-order valence-corrected chi connectivity index (χ2v) is 7.05. The molecule has 0 fully saturated rings. The standard InChI is InChI=1S/C22H30F2N4O2.HI/c1-15-9-10-20(30-21(23)24)17(11-15)13-26-22(25-2)27-14-19(28(3)4)16-7-6-8-18(12-16)29-5;/h6-12,19,21H,13-14H2,1-5H3,(H2,25,26,27);1H. The van der Waals surface area contributed by atoms with Crippen molar-refractivity contribution in [3.8, 4) is 11.5 Å². The van der Waals surface area contributed by atoms with Crippen LogP contribution in [0.25, 0.3) is 0 Å². The Morgan fingerprint density at radius 1 is 1.13 bits per heavy atom. The summed E-state index contributed by atoms with van der Waals surface area (Å²) in [5.41, 5.74) is 2.70. The molecule has 1 atom stereocenters. The SMILES string of the molecule is CN=C(NCc1cc(C)ccc1OC(F)F)NCC(c1cccc(OC)c1)N(C)C.I. The van der Waals surface area contributed by atoms with Crippen molar-refractivity contribution >= 4 is 29.9 Å². The van der Waals surface area contributed by atoms with Crippen LogP contribution in [0.2, 0.25) is 0 Å². The summed E-state index contributed by atoms with van der Waals surface area (Å²) >= 11 is 0. The Hall–Kier alpha value is -2.14. The van der Waals surface area contributed by atoms with Crippen molar-refractivity contribution in [2.24, 2.45) is 4.99 Å². The molecular weight excluding hydrogens is 517 g/mol. The average molecular weight is 548 g/mol. The zero-order valence-corrected chi connectivity index (χ0v) is 20.8. The molecule has 0 saturated heterocycles. The molecule has 2 rings (SSSR count). The number of hydrogen-bond acceptors (Lipinski definition) is 4. The summed E-state index contributed by atoms with van der Waals surface area (Å²) in [5, 5.41) is 6.47. The summed E-state index contributed by atoms with van der Waals surface area (Å²) in [6, 6.07) is 13.1. The number of rotatable bonds is 9. The van der Waals surface area contributed by atoms with Crippen molar-refractivity contribution in [1.29, 1.82) is 0 Å². The van der Waals surface area contributed by atoms with E-state index in [9.17, 15) is 8.78 Å². The van der Waals surface area contributed by atoms with Gasteiger partial charge in [-0.2, -0.15) is 8.78 Å². The van der Waals surface area contributed by atoms with Gasteiger partial charge in [-0.25, -0.2) is 0 Å². The van der Waals surface area contributed by atoms with Crippen LogP contribution in [0.5, 0.6) is 11.5 Å². The molecule has 0 aliphatic rings. The minimum atomic E-state index is -2.87. The maximum Gasteiger partial charge on any atom is 0.387 e. The van der Waals surface area contributed by atoms with Crippen molar-refractivity contribution < 1.29 is 18.3 Å². The number of aliphatic imine (C=N–C) groups is 1. The van der Waals surface area contributed by atoms with Crippen LogP contribution in [0.3, 0.4) is 0 Å². The van der Waals surface area contributed by atoms with E-state index in [0.717, 1.165) is 16.9 Å². The van der Waals surface area contributed by atoms with Crippen LogP contribution in [0.15, 0.2) is 47.5 Å². The number of likely N-dealkylation sites (N-methyl/N-ethyl adjacent to an activating group) is 1. The fourth-order valence-electron chi connectivity index (χ4n) is 3.10. The third-order valence-corrected chi connectivity index (χ3v) is 4.67. The van der Waals surface area contributed by atoms with Gasteiger partial charge in [0, 0.05) is 25.7 Å². The van der Waals surface area contributed by atoms with Crippen LogP contribution in [-0.4, -0.2) is 52.3 Å². The zero-order chi connectivity index (χ0) is 22.1. The zero-order valence-electron chi connectivity index (χ0n) is 18.5. The van der Waals surface area contributed by atoms with Crippen LogP contribution in [0.4, 0.5) is 8.78 Å². The average Bonchev–Trinajstić information content (AvgIpc) is 2.71. The molecule has 2 N–H and O–H groups in total. The van der Waals surface area contributed by atoms with Gasteiger partial charge in [-0.3, -0.25) is 4.99 Å². The number of alkyl halides is 2. The lowest BCUT2D eigenvalue weighted by atomic mass is 10.1. The van der Waals surface area contributed by atoms with Gasteiger partial charge in [0.2, 0.25) is 0 Å². The molecule has 31 heavy (non-hydrogen) atoms. The molecule has 172 valence electrons. The van der Waals surface area contributed by atoms with Gasteiger partial charge in [0.25, 0.3) is 0 Å². The summed E-state index contributed by atoms with van der Waals surface area (Å²) in [4.78, 5) is 6.34. The molecule has 0 aliphatic carbocycles. The van der Waals surface area contributed by atoms with Crippen molar-refractivity contribution in [3.05, 3.63) is 59.2 Å². The van der Waals surface area contributed by atoms with Crippen LogP contribution < -0.4 is 20.1 Å². The molecule has 2 aromatic rings. The second kappa shape index (κ2) is 13.3. The number of benzene rings is 2. The van der Waals surface area contributed by atoms with Gasteiger partial charge in [-0.15, -0.1) is 24.0 Å². The first kappa shape index (κ1) is 26.9. The normalized spacial score (nSPS) is 12.4. The van der Waals surface area contributed by atoms with Crippen molar-refractivity contribution in [3.63, 3.8) is 0 Å². The number of nitrogens with one attached hydrogen (secondary N) is 2. The van der Waals surface area contributed by atoms with Gasteiger partial charge >= 0.3 is 6.61 Å². The van der Waals surface area contributed by atoms with E-state index in [-0.39, 0.29) is 35.8 Å². The number of methoxy groups -OCH3 is 1. The fourth-order valence-corrected chi connectivity index (χ4v) is 3.10. The molecule has 0 heterocycles.